The van der Waals surface area contributed by atoms with E-state index in [-0.39, 0.29) is 12.5 Å². The summed E-state index contributed by atoms with van der Waals surface area (Å²) in [5, 5.41) is 0.473. The molecule has 1 aliphatic rings. The van der Waals surface area contributed by atoms with Crippen LogP contribution in [0.15, 0.2) is 42.5 Å². The lowest BCUT2D eigenvalue weighted by Gasteiger charge is -2.35. The van der Waals surface area contributed by atoms with Gasteiger partial charge in [0.2, 0.25) is 0 Å². The average Bonchev–Trinajstić information content (AvgIpc) is 2.66. The molecule has 1 fully saturated rings. The van der Waals surface area contributed by atoms with Crippen LogP contribution in [-0.4, -0.2) is 55.7 Å². The van der Waals surface area contributed by atoms with Gasteiger partial charge in [-0.25, -0.2) is 4.98 Å². The van der Waals surface area contributed by atoms with Gasteiger partial charge in [0.05, 0.1) is 7.11 Å². The molecule has 2 heterocycles. The Bertz CT molecular complexity index is 733. The normalized spacial score (nSPS) is 14.3. The van der Waals surface area contributed by atoms with Gasteiger partial charge in [0.1, 0.15) is 11.0 Å². The van der Waals surface area contributed by atoms with E-state index in [9.17, 15) is 4.79 Å². The molecule has 132 valence electrons. The third kappa shape index (κ3) is 4.33. The minimum Gasteiger partial charge on any atom is -0.493 e. The topological polar surface area (TPSA) is 54.9 Å². The zero-order valence-corrected chi connectivity index (χ0v) is 14.8. The summed E-state index contributed by atoms with van der Waals surface area (Å²) in [6.07, 6.45) is 0. The van der Waals surface area contributed by atoms with Gasteiger partial charge in [0, 0.05) is 26.2 Å². The second-order valence-corrected chi connectivity index (χ2v) is 6.01. The highest BCUT2D eigenvalue weighted by atomic mass is 35.5. The lowest BCUT2D eigenvalue weighted by atomic mass is 10.3. The Morgan fingerprint density at radius 3 is 2.48 bits per heavy atom. The number of anilines is 1. The first-order valence-electron chi connectivity index (χ1n) is 8.08. The molecule has 0 atom stereocenters. The monoisotopic (exact) mass is 361 g/mol. The van der Waals surface area contributed by atoms with Gasteiger partial charge in [-0.15, -0.1) is 0 Å². The van der Waals surface area contributed by atoms with Crippen molar-refractivity contribution in [2.45, 2.75) is 0 Å². The van der Waals surface area contributed by atoms with Crippen molar-refractivity contribution in [1.29, 1.82) is 0 Å². The standard InChI is InChI=1S/C18H20ClN3O3/c1-24-14-5-2-3-6-15(14)25-13-18(23)22-11-9-21(10-12-22)17-8-4-7-16(19)20-17/h2-8H,9-13H2,1H3. The van der Waals surface area contributed by atoms with Gasteiger partial charge in [0.15, 0.2) is 18.1 Å². The van der Waals surface area contributed by atoms with Gasteiger partial charge in [-0.2, -0.15) is 0 Å². The number of carbonyl (C=O) groups is 1. The van der Waals surface area contributed by atoms with Crippen LogP contribution in [0.3, 0.4) is 0 Å². The highest BCUT2D eigenvalue weighted by Gasteiger charge is 2.22. The number of halogens is 1. The van der Waals surface area contributed by atoms with E-state index in [1.807, 2.05) is 24.3 Å². The Labute approximate surface area is 151 Å². The summed E-state index contributed by atoms with van der Waals surface area (Å²) in [5.41, 5.74) is 0. The van der Waals surface area contributed by atoms with E-state index in [0.717, 1.165) is 5.82 Å². The van der Waals surface area contributed by atoms with Gasteiger partial charge in [-0.1, -0.05) is 29.8 Å². The first-order valence-corrected chi connectivity index (χ1v) is 8.46. The molecule has 0 bridgehead atoms. The molecule has 0 aliphatic carbocycles. The average molecular weight is 362 g/mol. The fourth-order valence-electron chi connectivity index (χ4n) is 2.73. The Balaban J connectivity index is 1.51. The van der Waals surface area contributed by atoms with E-state index in [0.29, 0.717) is 42.8 Å². The molecule has 2 aromatic rings. The molecule has 6 nitrogen and oxygen atoms in total. The number of aromatic nitrogens is 1. The smallest absolute Gasteiger partial charge is 0.260 e. The second kappa shape index (κ2) is 8.07. The van der Waals surface area contributed by atoms with Crippen molar-refractivity contribution >= 4 is 23.3 Å². The zero-order valence-electron chi connectivity index (χ0n) is 14.0. The van der Waals surface area contributed by atoms with Crippen molar-refractivity contribution in [3.05, 3.63) is 47.6 Å². The van der Waals surface area contributed by atoms with Crippen molar-refractivity contribution in [2.24, 2.45) is 0 Å². The lowest BCUT2D eigenvalue weighted by Crippen LogP contribution is -2.50. The van der Waals surface area contributed by atoms with Crippen LogP contribution in [0, 0.1) is 0 Å². The number of nitrogens with zero attached hydrogens (tertiary/aromatic N) is 3. The first kappa shape index (κ1) is 17.4. The lowest BCUT2D eigenvalue weighted by molar-refractivity contribution is -0.133. The fourth-order valence-corrected chi connectivity index (χ4v) is 2.89. The Kier molecular flexibility index (Phi) is 5.60. The number of piperazine rings is 1. The van der Waals surface area contributed by atoms with Crippen molar-refractivity contribution in [1.82, 2.24) is 9.88 Å². The maximum absolute atomic E-state index is 12.4. The third-order valence-corrected chi connectivity index (χ3v) is 4.29. The Morgan fingerprint density at radius 2 is 1.80 bits per heavy atom. The van der Waals surface area contributed by atoms with E-state index in [4.69, 9.17) is 21.1 Å². The molecule has 7 heteroatoms. The van der Waals surface area contributed by atoms with Crippen LogP contribution >= 0.6 is 11.6 Å². The summed E-state index contributed by atoms with van der Waals surface area (Å²) < 4.78 is 10.8. The molecule has 25 heavy (non-hydrogen) atoms. The number of pyridine rings is 1. The molecule has 1 amide bonds. The SMILES string of the molecule is COc1ccccc1OCC(=O)N1CCN(c2cccc(Cl)n2)CC1. The quantitative estimate of drug-likeness (QED) is 0.766. The van der Waals surface area contributed by atoms with Crippen LogP contribution < -0.4 is 14.4 Å². The summed E-state index contributed by atoms with van der Waals surface area (Å²) in [4.78, 5) is 20.6. The molecule has 0 unspecified atom stereocenters. The molecular weight excluding hydrogens is 342 g/mol. The molecule has 0 spiro atoms. The first-order chi connectivity index (χ1) is 12.2. The highest BCUT2D eigenvalue weighted by Crippen LogP contribution is 2.25. The number of rotatable bonds is 5. The molecule has 1 saturated heterocycles. The molecule has 0 radical (unpaired) electrons. The van der Waals surface area contributed by atoms with Crippen LogP contribution in [0.5, 0.6) is 11.5 Å². The molecular formula is C18H20ClN3O3. The van der Waals surface area contributed by atoms with Crippen molar-refractivity contribution < 1.29 is 14.3 Å². The summed E-state index contributed by atoms with van der Waals surface area (Å²) in [7, 11) is 1.58. The van der Waals surface area contributed by atoms with Gasteiger partial charge in [0.25, 0.3) is 5.91 Å². The maximum Gasteiger partial charge on any atom is 0.260 e. The van der Waals surface area contributed by atoms with Crippen LogP contribution in [0.4, 0.5) is 5.82 Å². The van der Waals surface area contributed by atoms with Crippen LogP contribution in [0.1, 0.15) is 0 Å². The van der Waals surface area contributed by atoms with Crippen LogP contribution in [0.2, 0.25) is 5.15 Å². The van der Waals surface area contributed by atoms with E-state index in [1.54, 1.807) is 30.2 Å². The van der Waals surface area contributed by atoms with Crippen molar-refractivity contribution in [3.8, 4) is 11.5 Å². The van der Waals surface area contributed by atoms with Gasteiger partial charge in [-0.3, -0.25) is 4.79 Å². The predicted octanol–water partition coefficient (Wildman–Crippen LogP) is 2.47. The van der Waals surface area contributed by atoms with Gasteiger partial charge < -0.3 is 19.3 Å². The van der Waals surface area contributed by atoms with Crippen molar-refractivity contribution in [3.63, 3.8) is 0 Å². The Morgan fingerprint density at radius 1 is 1.08 bits per heavy atom. The predicted molar refractivity (Wildman–Crippen MR) is 96.5 cm³/mol. The summed E-state index contributed by atoms with van der Waals surface area (Å²) in [5.74, 6) is 1.99. The van der Waals surface area contributed by atoms with Gasteiger partial charge >= 0.3 is 0 Å². The number of hydrogen-bond acceptors (Lipinski definition) is 5. The van der Waals surface area contributed by atoms with E-state index in [2.05, 4.69) is 9.88 Å². The van der Waals surface area contributed by atoms with E-state index >= 15 is 0 Å². The summed E-state index contributed by atoms with van der Waals surface area (Å²) in [6, 6.07) is 12.8. The summed E-state index contributed by atoms with van der Waals surface area (Å²) >= 11 is 5.94. The van der Waals surface area contributed by atoms with Crippen LogP contribution in [0.25, 0.3) is 0 Å². The number of benzene rings is 1. The van der Waals surface area contributed by atoms with Crippen LogP contribution in [-0.2, 0) is 4.79 Å². The number of ether oxygens (including phenoxy) is 2. The Hall–Kier alpha value is -2.47. The molecule has 0 saturated carbocycles. The second-order valence-electron chi connectivity index (χ2n) is 5.63. The number of carbonyl (C=O) groups excluding carboxylic acids is 1. The molecule has 1 aromatic carbocycles. The molecule has 1 aliphatic heterocycles. The zero-order chi connectivity index (χ0) is 17.6. The molecule has 0 N–H and O–H groups in total. The number of methoxy groups -OCH3 is 1. The number of amides is 1. The molecule has 3 rings (SSSR count). The third-order valence-electron chi connectivity index (χ3n) is 4.08. The maximum atomic E-state index is 12.4. The van der Waals surface area contributed by atoms with Gasteiger partial charge in [-0.05, 0) is 24.3 Å². The fraction of sp³-hybridized carbons (Fsp3) is 0.333. The van der Waals surface area contributed by atoms with E-state index in [1.165, 1.54) is 0 Å². The number of hydrogen-bond donors (Lipinski definition) is 0. The minimum atomic E-state index is -0.0374. The molecule has 1 aromatic heterocycles. The number of para-hydroxylation sites is 2. The minimum absolute atomic E-state index is 0.00418. The van der Waals surface area contributed by atoms with E-state index < -0.39 is 0 Å². The van der Waals surface area contributed by atoms with Crippen molar-refractivity contribution in [2.75, 3.05) is 44.8 Å². The largest absolute Gasteiger partial charge is 0.493 e. The summed E-state index contributed by atoms with van der Waals surface area (Å²) in [6.45, 7) is 2.68. The highest BCUT2D eigenvalue weighted by molar-refractivity contribution is 6.29.